The number of anilines is 1. The monoisotopic (exact) mass is 257 g/mol. The van der Waals surface area contributed by atoms with E-state index in [1.165, 1.54) is 20.0 Å². The van der Waals surface area contributed by atoms with E-state index >= 15 is 0 Å². The first-order valence-corrected chi connectivity index (χ1v) is 6.08. The van der Waals surface area contributed by atoms with Crippen LogP contribution in [0.3, 0.4) is 0 Å². The molecule has 2 rings (SSSR count). The standard InChI is InChI=1S/C10H16ClN5O/c1-17-10-15-8(11)14-9(16-10)13-7-4-2-3-5-12-6-7/h7,12H,2-6H2,1H3,(H,13,14,15,16). The fraction of sp³-hybridized carbons (Fsp3) is 0.700. The molecule has 1 saturated heterocycles. The molecule has 0 amide bonds. The molecule has 7 heteroatoms. The number of aromatic nitrogens is 3. The van der Waals surface area contributed by atoms with Gasteiger partial charge in [0.25, 0.3) is 0 Å². The largest absolute Gasteiger partial charge is 0.467 e. The Morgan fingerprint density at radius 2 is 2.24 bits per heavy atom. The normalized spacial score (nSPS) is 20.7. The molecule has 0 saturated carbocycles. The molecule has 1 atom stereocenters. The Kier molecular flexibility index (Phi) is 4.33. The smallest absolute Gasteiger partial charge is 0.322 e. The summed E-state index contributed by atoms with van der Waals surface area (Å²) >= 11 is 5.78. The summed E-state index contributed by atoms with van der Waals surface area (Å²) in [6, 6.07) is 0.551. The van der Waals surface area contributed by atoms with Crippen LogP contribution in [0.4, 0.5) is 5.95 Å². The number of hydrogen-bond donors (Lipinski definition) is 2. The van der Waals surface area contributed by atoms with Gasteiger partial charge in [0.15, 0.2) is 0 Å². The number of nitrogens with zero attached hydrogens (tertiary/aromatic N) is 3. The molecule has 1 fully saturated rings. The van der Waals surface area contributed by atoms with E-state index in [4.69, 9.17) is 16.3 Å². The van der Waals surface area contributed by atoms with Crippen molar-refractivity contribution in [3.63, 3.8) is 0 Å². The predicted molar refractivity (Wildman–Crippen MR) is 65.5 cm³/mol. The van der Waals surface area contributed by atoms with Gasteiger partial charge in [0, 0.05) is 12.6 Å². The average molecular weight is 258 g/mol. The topological polar surface area (TPSA) is 72.0 Å². The zero-order valence-electron chi connectivity index (χ0n) is 9.74. The minimum atomic E-state index is 0.140. The van der Waals surface area contributed by atoms with E-state index in [2.05, 4.69) is 25.6 Å². The Hall–Kier alpha value is -1.14. The number of nitrogens with one attached hydrogen (secondary N) is 2. The zero-order valence-corrected chi connectivity index (χ0v) is 10.5. The van der Waals surface area contributed by atoms with E-state index in [-0.39, 0.29) is 11.3 Å². The third kappa shape index (κ3) is 3.67. The third-order valence-electron chi connectivity index (χ3n) is 2.65. The van der Waals surface area contributed by atoms with Crippen LogP contribution in [0, 0.1) is 0 Å². The van der Waals surface area contributed by atoms with E-state index in [0.29, 0.717) is 12.0 Å². The number of methoxy groups -OCH3 is 1. The van der Waals surface area contributed by atoms with Gasteiger partial charge in [-0.2, -0.15) is 15.0 Å². The molecule has 1 aliphatic heterocycles. The highest BCUT2D eigenvalue weighted by atomic mass is 35.5. The summed E-state index contributed by atoms with van der Waals surface area (Å²) in [4.78, 5) is 12.0. The van der Waals surface area contributed by atoms with Crippen molar-refractivity contribution in [2.24, 2.45) is 0 Å². The maximum absolute atomic E-state index is 5.78. The lowest BCUT2D eigenvalue weighted by atomic mass is 10.1. The highest BCUT2D eigenvalue weighted by Gasteiger charge is 2.14. The molecule has 6 nitrogen and oxygen atoms in total. The Balaban J connectivity index is 2.03. The first kappa shape index (κ1) is 12.3. The fourth-order valence-corrected chi connectivity index (χ4v) is 1.96. The maximum Gasteiger partial charge on any atom is 0.322 e. The SMILES string of the molecule is COc1nc(Cl)nc(NC2CCCCNC2)n1. The van der Waals surface area contributed by atoms with Gasteiger partial charge in [-0.25, -0.2) is 0 Å². The van der Waals surface area contributed by atoms with Crippen LogP contribution in [-0.2, 0) is 0 Å². The van der Waals surface area contributed by atoms with Gasteiger partial charge in [0.05, 0.1) is 7.11 Å². The second-order valence-electron chi connectivity index (χ2n) is 3.96. The molecule has 1 aromatic rings. The van der Waals surface area contributed by atoms with Crippen LogP contribution in [0.25, 0.3) is 0 Å². The minimum absolute atomic E-state index is 0.140. The molecule has 1 unspecified atom stereocenters. The minimum Gasteiger partial charge on any atom is -0.467 e. The molecule has 0 bridgehead atoms. The Morgan fingerprint density at radius 1 is 1.35 bits per heavy atom. The molecule has 0 spiro atoms. The number of rotatable bonds is 3. The number of halogens is 1. The summed E-state index contributed by atoms with van der Waals surface area (Å²) < 4.78 is 4.95. The quantitative estimate of drug-likeness (QED) is 0.845. The van der Waals surface area contributed by atoms with Crippen molar-refractivity contribution in [3.8, 4) is 6.01 Å². The summed E-state index contributed by atoms with van der Waals surface area (Å²) in [6.07, 6.45) is 3.50. The van der Waals surface area contributed by atoms with Gasteiger partial charge < -0.3 is 15.4 Å². The van der Waals surface area contributed by atoms with Crippen molar-refractivity contribution in [3.05, 3.63) is 5.28 Å². The van der Waals surface area contributed by atoms with Gasteiger partial charge in [-0.3, -0.25) is 0 Å². The lowest BCUT2D eigenvalue weighted by Crippen LogP contribution is -2.31. The molecule has 94 valence electrons. The summed E-state index contributed by atoms with van der Waals surface area (Å²) in [5.74, 6) is 0.468. The summed E-state index contributed by atoms with van der Waals surface area (Å²) in [6.45, 7) is 1.98. The molecular formula is C10H16ClN5O. The average Bonchev–Trinajstić information content (AvgIpc) is 2.57. The lowest BCUT2D eigenvalue weighted by Gasteiger charge is -2.16. The van der Waals surface area contributed by atoms with Crippen LogP contribution in [0.15, 0.2) is 0 Å². The van der Waals surface area contributed by atoms with Crippen LogP contribution in [0.2, 0.25) is 5.28 Å². The van der Waals surface area contributed by atoms with Gasteiger partial charge >= 0.3 is 6.01 Å². The molecule has 17 heavy (non-hydrogen) atoms. The van der Waals surface area contributed by atoms with E-state index in [1.54, 1.807) is 0 Å². The van der Waals surface area contributed by atoms with Crippen molar-refractivity contribution < 1.29 is 4.74 Å². The van der Waals surface area contributed by atoms with E-state index < -0.39 is 0 Å². The Morgan fingerprint density at radius 3 is 3.06 bits per heavy atom. The fourth-order valence-electron chi connectivity index (χ4n) is 1.81. The van der Waals surface area contributed by atoms with Crippen molar-refractivity contribution in [1.29, 1.82) is 0 Å². The maximum atomic E-state index is 5.78. The zero-order chi connectivity index (χ0) is 12.1. The van der Waals surface area contributed by atoms with Crippen LogP contribution < -0.4 is 15.4 Å². The number of hydrogen-bond acceptors (Lipinski definition) is 6. The van der Waals surface area contributed by atoms with E-state index in [1.807, 2.05) is 0 Å². The summed E-state index contributed by atoms with van der Waals surface area (Å²) in [7, 11) is 1.50. The van der Waals surface area contributed by atoms with Gasteiger partial charge in [-0.05, 0) is 31.0 Å². The lowest BCUT2D eigenvalue weighted by molar-refractivity contribution is 0.378. The summed E-state index contributed by atoms with van der Waals surface area (Å²) in [5.41, 5.74) is 0. The first-order chi connectivity index (χ1) is 8.28. The van der Waals surface area contributed by atoms with Crippen LogP contribution in [-0.4, -0.2) is 41.2 Å². The highest BCUT2D eigenvalue weighted by Crippen LogP contribution is 2.14. The second-order valence-corrected chi connectivity index (χ2v) is 4.29. The predicted octanol–water partition coefficient (Wildman–Crippen LogP) is 1.09. The second kappa shape index (κ2) is 5.97. The van der Waals surface area contributed by atoms with Crippen molar-refractivity contribution in [2.45, 2.75) is 25.3 Å². The molecule has 0 radical (unpaired) electrons. The van der Waals surface area contributed by atoms with Crippen molar-refractivity contribution in [1.82, 2.24) is 20.3 Å². The van der Waals surface area contributed by atoms with Gasteiger partial charge in [0.1, 0.15) is 0 Å². The third-order valence-corrected chi connectivity index (χ3v) is 2.82. The van der Waals surface area contributed by atoms with Crippen LogP contribution in [0.1, 0.15) is 19.3 Å². The van der Waals surface area contributed by atoms with Crippen LogP contribution >= 0.6 is 11.6 Å². The Bertz CT molecular complexity index is 368. The van der Waals surface area contributed by atoms with E-state index in [9.17, 15) is 0 Å². The molecule has 1 aliphatic rings. The Labute approximate surface area is 105 Å². The molecule has 0 aromatic carbocycles. The first-order valence-electron chi connectivity index (χ1n) is 5.71. The summed E-state index contributed by atoms with van der Waals surface area (Å²) in [5, 5.41) is 6.75. The van der Waals surface area contributed by atoms with Crippen molar-refractivity contribution in [2.75, 3.05) is 25.5 Å². The van der Waals surface area contributed by atoms with Crippen LogP contribution in [0.5, 0.6) is 6.01 Å². The molecule has 2 N–H and O–H groups in total. The number of ether oxygens (including phenoxy) is 1. The van der Waals surface area contributed by atoms with Gasteiger partial charge in [-0.15, -0.1) is 0 Å². The van der Waals surface area contributed by atoms with Gasteiger partial charge in [-0.1, -0.05) is 6.42 Å². The van der Waals surface area contributed by atoms with Gasteiger partial charge in [0.2, 0.25) is 11.2 Å². The molecular weight excluding hydrogens is 242 g/mol. The molecule has 1 aromatic heterocycles. The van der Waals surface area contributed by atoms with E-state index in [0.717, 1.165) is 19.5 Å². The highest BCUT2D eigenvalue weighted by molar-refractivity contribution is 6.28. The molecule has 2 heterocycles. The van der Waals surface area contributed by atoms with Crippen molar-refractivity contribution >= 4 is 17.5 Å². The molecule has 0 aliphatic carbocycles.